The van der Waals surface area contributed by atoms with Crippen LogP contribution in [0.2, 0.25) is 0 Å². The molecule has 1 heterocycles. The number of nitrogens with zero attached hydrogens (tertiary/aromatic N) is 1. The molecule has 1 saturated heterocycles. The summed E-state index contributed by atoms with van der Waals surface area (Å²) in [4.78, 5) is 26.8. The highest BCUT2D eigenvalue weighted by Gasteiger charge is 2.38. The molecule has 2 amide bonds. The van der Waals surface area contributed by atoms with Gasteiger partial charge in [0, 0.05) is 16.4 Å². The SMILES string of the molecule is C[C@@H](NC(=O)C1CS(=O)CN1C(=O)c1ccccc1)c1ccccc1. The summed E-state index contributed by atoms with van der Waals surface area (Å²) in [6, 6.07) is 17.5. The molecule has 0 saturated carbocycles. The standard InChI is InChI=1S/C19H20N2O3S/c1-14(15-8-4-2-5-9-15)20-18(22)17-12-25(24)13-21(17)19(23)16-10-6-3-7-11-16/h2-11,14,17H,12-13H2,1H3,(H,20,22)/t14-,17?,25?/m1/s1. The van der Waals surface area contributed by atoms with E-state index in [2.05, 4.69) is 5.32 Å². The molecule has 0 aromatic heterocycles. The van der Waals surface area contributed by atoms with Crippen LogP contribution in [0, 0.1) is 0 Å². The summed E-state index contributed by atoms with van der Waals surface area (Å²) in [7, 11) is -1.21. The fraction of sp³-hybridized carbons (Fsp3) is 0.263. The minimum Gasteiger partial charge on any atom is -0.348 e. The van der Waals surface area contributed by atoms with Crippen LogP contribution in [0.5, 0.6) is 0 Å². The summed E-state index contributed by atoms with van der Waals surface area (Å²) < 4.78 is 12.0. The first kappa shape index (κ1) is 17.4. The van der Waals surface area contributed by atoms with Crippen LogP contribution in [0.1, 0.15) is 28.9 Å². The average Bonchev–Trinajstić information content (AvgIpc) is 3.04. The first-order valence-corrected chi connectivity index (χ1v) is 9.61. The quantitative estimate of drug-likeness (QED) is 0.912. The smallest absolute Gasteiger partial charge is 0.255 e. The van der Waals surface area contributed by atoms with Crippen molar-refractivity contribution in [2.75, 3.05) is 11.6 Å². The van der Waals surface area contributed by atoms with Gasteiger partial charge >= 0.3 is 0 Å². The van der Waals surface area contributed by atoms with Crippen molar-refractivity contribution in [2.24, 2.45) is 0 Å². The summed E-state index contributed by atoms with van der Waals surface area (Å²) >= 11 is 0. The number of nitrogens with one attached hydrogen (secondary N) is 1. The molecule has 6 heteroatoms. The second-order valence-corrected chi connectivity index (χ2v) is 7.50. The van der Waals surface area contributed by atoms with Crippen LogP contribution in [-0.4, -0.2) is 38.6 Å². The van der Waals surface area contributed by atoms with Gasteiger partial charge in [0.2, 0.25) is 5.91 Å². The third kappa shape index (κ3) is 3.96. The largest absolute Gasteiger partial charge is 0.348 e. The topological polar surface area (TPSA) is 66.5 Å². The van der Waals surface area contributed by atoms with Gasteiger partial charge in [0.25, 0.3) is 5.91 Å². The van der Waals surface area contributed by atoms with E-state index in [0.29, 0.717) is 5.56 Å². The number of hydrogen-bond donors (Lipinski definition) is 1. The zero-order valence-corrected chi connectivity index (χ0v) is 14.7. The molecule has 3 rings (SSSR count). The lowest BCUT2D eigenvalue weighted by molar-refractivity contribution is -0.125. The van der Waals surface area contributed by atoms with Gasteiger partial charge < -0.3 is 10.2 Å². The van der Waals surface area contributed by atoms with Gasteiger partial charge in [-0.1, -0.05) is 48.5 Å². The maximum absolute atomic E-state index is 12.7. The van der Waals surface area contributed by atoms with Gasteiger partial charge in [0.05, 0.1) is 17.7 Å². The number of rotatable bonds is 4. The highest BCUT2D eigenvalue weighted by molar-refractivity contribution is 7.85. The normalized spacial score (nSPS) is 20.9. The van der Waals surface area contributed by atoms with Gasteiger partial charge in [-0.2, -0.15) is 0 Å². The van der Waals surface area contributed by atoms with Crippen LogP contribution < -0.4 is 5.32 Å². The third-order valence-electron chi connectivity index (χ3n) is 4.25. The Morgan fingerprint density at radius 1 is 1.08 bits per heavy atom. The molecule has 5 nitrogen and oxygen atoms in total. The van der Waals surface area contributed by atoms with Crippen LogP contribution in [0.3, 0.4) is 0 Å². The molecule has 3 atom stereocenters. The number of carbonyl (C=O) groups is 2. The molecule has 2 aromatic carbocycles. The lowest BCUT2D eigenvalue weighted by atomic mass is 10.1. The van der Waals surface area contributed by atoms with Crippen LogP contribution in [0.4, 0.5) is 0 Å². The summed E-state index contributed by atoms with van der Waals surface area (Å²) in [5.41, 5.74) is 1.48. The Morgan fingerprint density at radius 3 is 2.32 bits per heavy atom. The first-order chi connectivity index (χ1) is 12.1. The van der Waals surface area contributed by atoms with E-state index in [-0.39, 0.29) is 29.5 Å². The molecule has 2 aromatic rings. The van der Waals surface area contributed by atoms with Gasteiger partial charge in [-0.25, -0.2) is 0 Å². The highest BCUT2D eigenvalue weighted by Crippen LogP contribution is 2.19. The molecule has 1 N–H and O–H groups in total. The van der Waals surface area contributed by atoms with E-state index in [1.165, 1.54) is 4.90 Å². The van der Waals surface area contributed by atoms with Gasteiger partial charge in [-0.3, -0.25) is 13.8 Å². The average molecular weight is 356 g/mol. The monoisotopic (exact) mass is 356 g/mol. The zero-order chi connectivity index (χ0) is 17.8. The number of benzene rings is 2. The number of hydrogen-bond acceptors (Lipinski definition) is 3. The lowest BCUT2D eigenvalue weighted by Crippen LogP contribution is -2.47. The van der Waals surface area contributed by atoms with E-state index in [4.69, 9.17) is 0 Å². The Kier molecular flexibility index (Phi) is 5.28. The number of amides is 2. The Morgan fingerprint density at radius 2 is 1.68 bits per heavy atom. The Labute approximate surface area is 149 Å². The number of carbonyl (C=O) groups excluding carboxylic acids is 2. The van der Waals surface area contributed by atoms with Crippen molar-refractivity contribution in [3.8, 4) is 0 Å². The van der Waals surface area contributed by atoms with E-state index in [9.17, 15) is 13.8 Å². The second-order valence-electron chi connectivity index (χ2n) is 6.03. The molecular weight excluding hydrogens is 336 g/mol. The summed E-state index contributed by atoms with van der Waals surface area (Å²) in [5, 5.41) is 2.93. The first-order valence-electron chi connectivity index (χ1n) is 8.12. The maximum Gasteiger partial charge on any atom is 0.255 e. The molecule has 130 valence electrons. The maximum atomic E-state index is 12.7. The summed E-state index contributed by atoms with van der Waals surface area (Å²) in [5.74, 6) is -0.275. The van der Waals surface area contributed by atoms with Crippen LogP contribution >= 0.6 is 0 Å². The summed E-state index contributed by atoms with van der Waals surface area (Å²) in [6.07, 6.45) is 0. The molecule has 2 unspecified atom stereocenters. The van der Waals surface area contributed by atoms with E-state index >= 15 is 0 Å². The predicted octanol–water partition coefficient (Wildman–Crippen LogP) is 2.09. The van der Waals surface area contributed by atoms with Crippen LogP contribution in [0.15, 0.2) is 60.7 Å². The molecule has 1 fully saturated rings. The molecule has 1 aliphatic heterocycles. The van der Waals surface area contributed by atoms with Crippen molar-refractivity contribution >= 4 is 22.6 Å². The van der Waals surface area contributed by atoms with Gasteiger partial charge in [-0.05, 0) is 24.6 Å². The van der Waals surface area contributed by atoms with E-state index in [1.54, 1.807) is 24.3 Å². The van der Waals surface area contributed by atoms with Crippen molar-refractivity contribution in [1.29, 1.82) is 0 Å². The van der Waals surface area contributed by atoms with Gasteiger partial charge in [0.1, 0.15) is 6.04 Å². The van der Waals surface area contributed by atoms with Crippen molar-refractivity contribution in [2.45, 2.75) is 19.0 Å². The molecule has 0 aliphatic carbocycles. The fourth-order valence-corrected chi connectivity index (χ4v) is 4.26. The van der Waals surface area contributed by atoms with Gasteiger partial charge in [0.15, 0.2) is 0 Å². The third-order valence-corrected chi connectivity index (χ3v) is 5.50. The van der Waals surface area contributed by atoms with Crippen LogP contribution in [-0.2, 0) is 15.6 Å². The zero-order valence-electron chi connectivity index (χ0n) is 13.9. The van der Waals surface area contributed by atoms with E-state index < -0.39 is 16.8 Å². The Hall–Kier alpha value is -2.47. The lowest BCUT2D eigenvalue weighted by Gasteiger charge is -2.24. The molecule has 0 bridgehead atoms. The molecule has 25 heavy (non-hydrogen) atoms. The Balaban J connectivity index is 1.74. The molecule has 0 spiro atoms. The summed E-state index contributed by atoms with van der Waals surface area (Å²) in [6.45, 7) is 1.89. The van der Waals surface area contributed by atoms with Crippen molar-refractivity contribution in [3.05, 3.63) is 71.8 Å². The van der Waals surface area contributed by atoms with E-state index in [1.807, 2.05) is 43.3 Å². The minimum absolute atomic E-state index is 0.0888. The van der Waals surface area contributed by atoms with Crippen molar-refractivity contribution < 1.29 is 13.8 Å². The fourth-order valence-electron chi connectivity index (χ4n) is 2.86. The molecule has 0 radical (unpaired) electrons. The van der Waals surface area contributed by atoms with E-state index in [0.717, 1.165) is 5.56 Å². The predicted molar refractivity (Wildman–Crippen MR) is 97.3 cm³/mol. The second kappa shape index (κ2) is 7.61. The van der Waals surface area contributed by atoms with Crippen molar-refractivity contribution in [3.63, 3.8) is 0 Å². The van der Waals surface area contributed by atoms with Gasteiger partial charge in [-0.15, -0.1) is 0 Å². The van der Waals surface area contributed by atoms with Crippen LogP contribution in [0.25, 0.3) is 0 Å². The van der Waals surface area contributed by atoms with Crippen molar-refractivity contribution in [1.82, 2.24) is 10.2 Å². The Bertz CT molecular complexity index is 780. The molecule has 1 aliphatic rings. The molecular formula is C19H20N2O3S. The minimum atomic E-state index is -1.21. The highest BCUT2D eigenvalue weighted by atomic mass is 32.2.